The highest BCUT2D eigenvalue weighted by atomic mass is 79.9. The third-order valence-electron chi connectivity index (χ3n) is 2.92. The number of benzene rings is 2. The number of nitrogens with two attached hydrogens (primary N) is 1. The van der Waals surface area contributed by atoms with Crippen molar-refractivity contribution in [1.29, 1.82) is 0 Å². The van der Waals surface area contributed by atoms with E-state index in [-0.39, 0.29) is 11.9 Å². The van der Waals surface area contributed by atoms with Gasteiger partial charge in [0.1, 0.15) is 17.7 Å². The lowest BCUT2D eigenvalue weighted by atomic mass is 10.0. The van der Waals surface area contributed by atoms with Crippen LogP contribution in [0, 0.1) is 12.7 Å². The highest BCUT2D eigenvalue weighted by Crippen LogP contribution is 2.26. The fraction of sp³-hybridized carbons (Fsp3) is 0.200. The molecule has 0 heterocycles. The van der Waals surface area contributed by atoms with E-state index in [4.69, 9.17) is 10.5 Å². The highest BCUT2D eigenvalue weighted by molar-refractivity contribution is 9.10. The maximum absolute atomic E-state index is 13.5. The van der Waals surface area contributed by atoms with Gasteiger partial charge < -0.3 is 10.5 Å². The summed E-state index contributed by atoms with van der Waals surface area (Å²) in [4.78, 5) is 0. The molecule has 2 aromatic rings. The number of hydrogen-bond donors (Lipinski definition) is 1. The van der Waals surface area contributed by atoms with Gasteiger partial charge in [0.15, 0.2) is 0 Å². The molecule has 2 nitrogen and oxygen atoms in total. The molecule has 2 rings (SSSR count). The van der Waals surface area contributed by atoms with E-state index < -0.39 is 0 Å². The molecule has 0 aliphatic heterocycles. The van der Waals surface area contributed by atoms with Crippen LogP contribution in [-0.2, 0) is 0 Å². The Morgan fingerprint density at radius 1 is 1.26 bits per heavy atom. The summed E-state index contributed by atoms with van der Waals surface area (Å²) in [7, 11) is 0. The fourth-order valence-corrected chi connectivity index (χ4v) is 2.15. The topological polar surface area (TPSA) is 35.2 Å². The molecule has 0 saturated heterocycles. The molecule has 19 heavy (non-hydrogen) atoms. The lowest BCUT2D eigenvalue weighted by Crippen LogP contribution is -2.19. The average molecular weight is 324 g/mol. The Hall–Kier alpha value is -1.39. The molecule has 0 aliphatic carbocycles. The van der Waals surface area contributed by atoms with Gasteiger partial charge in [0, 0.05) is 12.6 Å². The molecule has 2 aromatic carbocycles. The van der Waals surface area contributed by atoms with Gasteiger partial charge >= 0.3 is 0 Å². The lowest BCUT2D eigenvalue weighted by molar-refractivity contribution is 0.212. The molecule has 1 atom stereocenters. The SMILES string of the molecule is Cc1ccccc1C(CN)Oc1ccc(Br)c(F)c1. The summed E-state index contributed by atoms with van der Waals surface area (Å²) in [6.07, 6.45) is -0.276. The zero-order chi connectivity index (χ0) is 13.8. The maximum Gasteiger partial charge on any atom is 0.141 e. The van der Waals surface area contributed by atoms with Crippen LogP contribution in [0.1, 0.15) is 17.2 Å². The second-order valence-corrected chi connectivity index (χ2v) is 5.13. The Bertz CT molecular complexity index is 574. The van der Waals surface area contributed by atoms with Crippen molar-refractivity contribution in [2.75, 3.05) is 6.54 Å². The fourth-order valence-electron chi connectivity index (χ4n) is 1.90. The first-order valence-electron chi connectivity index (χ1n) is 5.99. The van der Waals surface area contributed by atoms with Crippen LogP contribution in [0.4, 0.5) is 4.39 Å². The van der Waals surface area contributed by atoms with Crippen LogP contribution in [0.15, 0.2) is 46.9 Å². The Labute approximate surface area is 120 Å². The smallest absolute Gasteiger partial charge is 0.141 e. The molecule has 1 unspecified atom stereocenters. The molecule has 2 N–H and O–H groups in total. The van der Waals surface area contributed by atoms with Gasteiger partial charge in [0.2, 0.25) is 0 Å². The van der Waals surface area contributed by atoms with Gasteiger partial charge in [-0.3, -0.25) is 0 Å². The van der Waals surface area contributed by atoms with E-state index in [1.165, 1.54) is 6.07 Å². The van der Waals surface area contributed by atoms with E-state index in [0.717, 1.165) is 11.1 Å². The zero-order valence-corrected chi connectivity index (χ0v) is 12.2. The van der Waals surface area contributed by atoms with Gasteiger partial charge in [-0.05, 0) is 46.1 Å². The van der Waals surface area contributed by atoms with Crippen LogP contribution < -0.4 is 10.5 Å². The van der Waals surface area contributed by atoms with E-state index >= 15 is 0 Å². The van der Waals surface area contributed by atoms with E-state index in [1.54, 1.807) is 12.1 Å². The minimum absolute atomic E-state index is 0.276. The average Bonchev–Trinajstić information content (AvgIpc) is 2.41. The molecule has 0 aliphatic rings. The molecule has 0 radical (unpaired) electrons. The molecule has 0 saturated carbocycles. The number of rotatable bonds is 4. The second kappa shape index (κ2) is 6.17. The molecule has 0 amide bonds. The van der Waals surface area contributed by atoms with Gasteiger partial charge in [-0.2, -0.15) is 0 Å². The number of halogens is 2. The molecule has 0 aromatic heterocycles. The van der Waals surface area contributed by atoms with E-state index in [0.29, 0.717) is 16.8 Å². The van der Waals surface area contributed by atoms with E-state index in [1.807, 2.05) is 31.2 Å². The van der Waals surface area contributed by atoms with E-state index in [2.05, 4.69) is 15.9 Å². The standard InChI is InChI=1S/C15H15BrFNO/c1-10-4-2-3-5-12(10)15(9-18)19-11-6-7-13(16)14(17)8-11/h2-8,15H,9,18H2,1H3. The highest BCUT2D eigenvalue weighted by Gasteiger charge is 2.14. The summed E-state index contributed by atoms with van der Waals surface area (Å²) in [5.74, 6) is 0.123. The van der Waals surface area contributed by atoms with Gasteiger partial charge in [0.05, 0.1) is 4.47 Å². The summed E-state index contributed by atoms with van der Waals surface area (Å²) in [6.45, 7) is 2.34. The number of hydrogen-bond acceptors (Lipinski definition) is 2. The number of aryl methyl sites for hydroxylation is 1. The van der Waals surface area contributed by atoms with Crippen LogP contribution in [0.3, 0.4) is 0 Å². The molecule has 0 bridgehead atoms. The molecule has 100 valence electrons. The normalized spacial score (nSPS) is 12.2. The molecular formula is C15H15BrFNO. The molecule has 0 spiro atoms. The van der Waals surface area contributed by atoms with Crippen molar-refractivity contribution in [2.45, 2.75) is 13.0 Å². The summed E-state index contributed by atoms with van der Waals surface area (Å²) in [5.41, 5.74) is 7.89. The first-order valence-corrected chi connectivity index (χ1v) is 6.78. The monoisotopic (exact) mass is 323 g/mol. The largest absolute Gasteiger partial charge is 0.484 e. The predicted octanol–water partition coefficient (Wildman–Crippen LogP) is 3.98. The van der Waals surface area contributed by atoms with Crippen molar-refractivity contribution in [3.63, 3.8) is 0 Å². The van der Waals surface area contributed by atoms with Crippen LogP contribution in [-0.4, -0.2) is 6.54 Å². The third kappa shape index (κ3) is 3.33. The van der Waals surface area contributed by atoms with Crippen molar-refractivity contribution >= 4 is 15.9 Å². The molecular weight excluding hydrogens is 309 g/mol. The minimum Gasteiger partial charge on any atom is -0.484 e. The maximum atomic E-state index is 13.5. The second-order valence-electron chi connectivity index (χ2n) is 4.27. The Kier molecular flexibility index (Phi) is 4.56. The van der Waals surface area contributed by atoms with Gasteiger partial charge in [-0.25, -0.2) is 4.39 Å². The third-order valence-corrected chi connectivity index (χ3v) is 3.56. The summed E-state index contributed by atoms with van der Waals surface area (Å²) < 4.78 is 19.7. The van der Waals surface area contributed by atoms with E-state index in [9.17, 15) is 4.39 Å². The van der Waals surface area contributed by atoms with Crippen molar-refractivity contribution in [3.05, 3.63) is 63.9 Å². The van der Waals surface area contributed by atoms with Crippen LogP contribution in [0.5, 0.6) is 5.75 Å². The zero-order valence-electron chi connectivity index (χ0n) is 10.6. The van der Waals surface area contributed by atoms with Crippen LogP contribution in [0.2, 0.25) is 0 Å². The first kappa shape index (κ1) is 14.0. The summed E-state index contributed by atoms with van der Waals surface area (Å²) in [5, 5.41) is 0. The van der Waals surface area contributed by atoms with Crippen molar-refractivity contribution < 1.29 is 9.13 Å². The van der Waals surface area contributed by atoms with Gasteiger partial charge in [0.25, 0.3) is 0 Å². The van der Waals surface area contributed by atoms with Crippen LogP contribution >= 0.6 is 15.9 Å². The summed E-state index contributed by atoms with van der Waals surface area (Å²) >= 11 is 3.11. The van der Waals surface area contributed by atoms with Crippen molar-refractivity contribution in [1.82, 2.24) is 0 Å². The Morgan fingerprint density at radius 3 is 2.63 bits per heavy atom. The minimum atomic E-state index is -0.349. The Morgan fingerprint density at radius 2 is 2.00 bits per heavy atom. The first-order chi connectivity index (χ1) is 9.11. The summed E-state index contributed by atoms with van der Waals surface area (Å²) in [6, 6.07) is 12.6. The van der Waals surface area contributed by atoms with Crippen molar-refractivity contribution in [2.24, 2.45) is 5.73 Å². The lowest BCUT2D eigenvalue weighted by Gasteiger charge is -2.19. The molecule has 0 fully saturated rings. The van der Waals surface area contributed by atoms with Gasteiger partial charge in [-0.1, -0.05) is 24.3 Å². The Balaban J connectivity index is 2.24. The van der Waals surface area contributed by atoms with Gasteiger partial charge in [-0.15, -0.1) is 0 Å². The predicted molar refractivity (Wildman–Crippen MR) is 77.7 cm³/mol. The molecule has 4 heteroatoms. The number of ether oxygens (including phenoxy) is 1. The quantitative estimate of drug-likeness (QED) is 0.923. The van der Waals surface area contributed by atoms with Crippen LogP contribution in [0.25, 0.3) is 0 Å². The van der Waals surface area contributed by atoms with Crippen molar-refractivity contribution in [3.8, 4) is 5.75 Å².